The van der Waals surface area contributed by atoms with Crippen LogP contribution in [0.4, 0.5) is 0 Å². The van der Waals surface area contributed by atoms with Gasteiger partial charge in [0, 0.05) is 6.42 Å². The Morgan fingerprint density at radius 2 is 2.00 bits per heavy atom. The second-order valence-corrected chi connectivity index (χ2v) is 5.35. The lowest BCUT2D eigenvalue weighted by Gasteiger charge is -2.27. The zero-order valence-corrected chi connectivity index (χ0v) is 11.4. The van der Waals surface area contributed by atoms with Crippen molar-refractivity contribution < 1.29 is 14.7 Å². The van der Waals surface area contributed by atoms with Crippen molar-refractivity contribution in [2.24, 2.45) is 5.92 Å². The highest BCUT2D eigenvalue weighted by molar-refractivity contribution is 6.38. The van der Waals surface area contributed by atoms with Gasteiger partial charge in [0.2, 0.25) is 5.91 Å². The topological polar surface area (TPSA) is 66.4 Å². The molecular formula is C15H19BNO3. The van der Waals surface area contributed by atoms with Gasteiger partial charge in [-0.1, -0.05) is 36.7 Å². The predicted molar refractivity (Wildman–Crippen MR) is 77.6 cm³/mol. The molecule has 2 atom stereocenters. The van der Waals surface area contributed by atoms with Crippen LogP contribution in [-0.4, -0.2) is 30.2 Å². The van der Waals surface area contributed by atoms with E-state index in [0.717, 1.165) is 24.7 Å². The van der Waals surface area contributed by atoms with Crippen LogP contribution >= 0.6 is 0 Å². The number of carboxylic acid groups (broad SMARTS) is 1. The van der Waals surface area contributed by atoms with E-state index in [1.807, 2.05) is 37.6 Å². The van der Waals surface area contributed by atoms with Crippen molar-refractivity contribution in [1.82, 2.24) is 5.32 Å². The molecule has 1 radical (unpaired) electrons. The number of amides is 1. The Balaban J connectivity index is 1.72. The minimum Gasteiger partial charge on any atom is -0.481 e. The van der Waals surface area contributed by atoms with Crippen LogP contribution in [0.5, 0.6) is 0 Å². The lowest BCUT2D eigenvalue weighted by Crippen LogP contribution is -2.43. The molecule has 0 spiro atoms. The third-order valence-corrected chi connectivity index (χ3v) is 3.66. The second-order valence-electron chi connectivity index (χ2n) is 5.35. The van der Waals surface area contributed by atoms with Gasteiger partial charge in [-0.2, -0.15) is 0 Å². The second kappa shape index (κ2) is 7.13. The Labute approximate surface area is 119 Å². The van der Waals surface area contributed by atoms with E-state index in [-0.39, 0.29) is 24.2 Å². The highest BCUT2D eigenvalue weighted by Crippen LogP contribution is 2.23. The summed E-state index contributed by atoms with van der Waals surface area (Å²) < 4.78 is 0. The van der Waals surface area contributed by atoms with Gasteiger partial charge in [0.25, 0.3) is 0 Å². The monoisotopic (exact) mass is 272 g/mol. The van der Waals surface area contributed by atoms with Crippen molar-refractivity contribution in [2.75, 3.05) is 0 Å². The van der Waals surface area contributed by atoms with Gasteiger partial charge in [-0.25, -0.2) is 0 Å². The summed E-state index contributed by atoms with van der Waals surface area (Å²) in [5.41, 5.74) is 1.00. The molecule has 2 rings (SSSR count). The summed E-state index contributed by atoms with van der Waals surface area (Å²) >= 11 is 0. The maximum absolute atomic E-state index is 11.9. The number of carbonyl (C=O) groups is 2. The molecule has 1 saturated heterocycles. The molecule has 1 aromatic rings. The van der Waals surface area contributed by atoms with Gasteiger partial charge in [-0.3, -0.25) is 9.59 Å². The van der Waals surface area contributed by atoms with Crippen LogP contribution in [0.1, 0.15) is 24.8 Å². The molecule has 0 bridgehead atoms. The van der Waals surface area contributed by atoms with Gasteiger partial charge in [0.15, 0.2) is 0 Å². The first-order chi connectivity index (χ1) is 9.63. The van der Waals surface area contributed by atoms with Crippen LogP contribution in [0.3, 0.4) is 0 Å². The van der Waals surface area contributed by atoms with Crippen molar-refractivity contribution in [2.45, 2.75) is 37.9 Å². The number of nitrogens with one attached hydrogen (secondary N) is 1. The van der Waals surface area contributed by atoms with Gasteiger partial charge >= 0.3 is 5.97 Å². The summed E-state index contributed by atoms with van der Waals surface area (Å²) in [6.45, 7) is 0. The molecule has 1 amide bonds. The predicted octanol–water partition coefficient (Wildman–Crippen LogP) is 1.68. The normalized spacial score (nSPS) is 21.8. The first kappa shape index (κ1) is 14.6. The van der Waals surface area contributed by atoms with E-state index >= 15 is 0 Å². The number of benzene rings is 1. The highest BCUT2D eigenvalue weighted by Gasteiger charge is 2.24. The number of rotatable bonds is 5. The summed E-state index contributed by atoms with van der Waals surface area (Å²) in [5.74, 6) is -0.421. The van der Waals surface area contributed by atoms with Crippen molar-refractivity contribution in [3.8, 4) is 0 Å². The highest BCUT2D eigenvalue weighted by atomic mass is 16.4. The van der Waals surface area contributed by atoms with Crippen LogP contribution in [0.25, 0.3) is 0 Å². The first-order valence-corrected chi connectivity index (χ1v) is 7.02. The van der Waals surface area contributed by atoms with E-state index in [2.05, 4.69) is 5.32 Å². The molecule has 1 aliphatic heterocycles. The molecule has 5 heteroatoms. The van der Waals surface area contributed by atoms with E-state index in [0.29, 0.717) is 6.42 Å². The minimum atomic E-state index is -0.741. The number of hydrogen-bond acceptors (Lipinski definition) is 2. The first-order valence-electron chi connectivity index (χ1n) is 7.02. The maximum Gasteiger partial charge on any atom is 0.303 e. The van der Waals surface area contributed by atoms with Gasteiger partial charge in [0.05, 0.1) is 6.42 Å². The smallest absolute Gasteiger partial charge is 0.303 e. The SMILES string of the molecule is O=C(O)CC1C[B]C(NC(=O)Cc2ccccc2)CC1. The Morgan fingerprint density at radius 3 is 2.60 bits per heavy atom. The zero-order chi connectivity index (χ0) is 14.4. The van der Waals surface area contributed by atoms with E-state index in [4.69, 9.17) is 5.11 Å². The van der Waals surface area contributed by atoms with Crippen LogP contribution in [-0.2, 0) is 16.0 Å². The summed E-state index contributed by atoms with van der Waals surface area (Å²) in [6.07, 6.45) is 3.07. The van der Waals surface area contributed by atoms with Gasteiger partial charge < -0.3 is 10.4 Å². The fraction of sp³-hybridized carbons (Fsp3) is 0.467. The Kier molecular flexibility index (Phi) is 5.21. The molecule has 0 aromatic heterocycles. The summed E-state index contributed by atoms with van der Waals surface area (Å²) in [4.78, 5) is 22.6. The molecule has 20 heavy (non-hydrogen) atoms. The number of carbonyl (C=O) groups excluding carboxylic acids is 1. The van der Waals surface area contributed by atoms with E-state index < -0.39 is 5.97 Å². The molecule has 0 saturated carbocycles. The number of carboxylic acids is 1. The third-order valence-electron chi connectivity index (χ3n) is 3.66. The zero-order valence-electron chi connectivity index (χ0n) is 11.4. The van der Waals surface area contributed by atoms with Gasteiger partial charge in [-0.15, -0.1) is 0 Å². The fourth-order valence-electron chi connectivity index (χ4n) is 2.61. The molecule has 2 unspecified atom stereocenters. The number of hydrogen-bond donors (Lipinski definition) is 2. The van der Waals surface area contributed by atoms with Crippen LogP contribution in [0.2, 0.25) is 6.32 Å². The molecule has 2 N–H and O–H groups in total. The third kappa shape index (κ3) is 4.72. The lowest BCUT2D eigenvalue weighted by molar-refractivity contribution is -0.138. The van der Waals surface area contributed by atoms with Crippen LogP contribution < -0.4 is 5.32 Å². The lowest BCUT2D eigenvalue weighted by atomic mass is 9.56. The van der Waals surface area contributed by atoms with Crippen molar-refractivity contribution in [3.05, 3.63) is 35.9 Å². The average Bonchev–Trinajstić information content (AvgIpc) is 2.41. The van der Waals surface area contributed by atoms with E-state index in [9.17, 15) is 9.59 Å². The van der Waals surface area contributed by atoms with E-state index in [1.54, 1.807) is 0 Å². The van der Waals surface area contributed by atoms with Gasteiger partial charge in [-0.05, 0) is 30.3 Å². The van der Waals surface area contributed by atoms with Crippen molar-refractivity contribution in [1.29, 1.82) is 0 Å². The minimum absolute atomic E-state index is 0.0223. The maximum atomic E-state index is 11.9. The molecule has 105 valence electrons. The molecule has 1 aliphatic rings. The molecule has 1 heterocycles. The Hall–Kier alpha value is -1.78. The number of aliphatic carboxylic acids is 1. The average molecular weight is 272 g/mol. The summed E-state index contributed by atoms with van der Waals surface area (Å²) in [7, 11) is 2.04. The Morgan fingerprint density at radius 1 is 1.25 bits per heavy atom. The van der Waals surface area contributed by atoms with Crippen LogP contribution in [0.15, 0.2) is 30.3 Å². The quantitative estimate of drug-likeness (QED) is 0.801. The van der Waals surface area contributed by atoms with Gasteiger partial charge in [0.1, 0.15) is 7.28 Å². The summed E-state index contributed by atoms with van der Waals surface area (Å²) in [6, 6.07) is 9.65. The Bertz CT molecular complexity index is 455. The van der Waals surface area contributed by atoms with Crippen LogP contribution in [0, 0.1) is 5.92 Å². The standard InChI is InChI=1S/C15H19BNO3/c18-14(8-11-4-2-1-3-5-11)17-13-7-6-12(10-16-13)9-15(19)20/h1-5,12-13H,6-10H2,(H,17,18)(H,19,20). The molecule has 4 nitrogen and oxygen atoms in total. The molecule has 1 fully saturated rings. The van der Waals surface area contributed by atoms with Crippen molar-refractivity contribution >= 4 is 19.2 Å². The van der Waals surface area contributed by atoms with Crippen molar-refractivity contribution in [3.63, 3.8) is 0 Å². The fourth-order valence-corrected chi connectivity index (χ4v) is 2.61. The largest absolute Gasteiger partial charge is 0.481 e. The molecule has 0 aliphatic carbocycles. The molecular weight excluding hydrogens is 253 g/mol. The summed E-state index contributed by atoms with van der Waals surface area (Å²) in [5, 5.41) is 11.8. The molecule has 1 aromatic carbocycles. The van der Waals surface area contributed by atoms with E-state index in [1.165, 1.54) is 0 Å².